The van der Waals surface area contributed by atoms with E-state index < -0.39 is 0 Å². The molecule has 0 aromatic heterocycles. The number of hydrogen-bond acceptors (Lipinski definition) is 2. The van der Waals surface area contributed by atoms with Gasteiger partial charge >= 0.3 is 0 Å². The molecule has 3 nitrogen and oxygen atoms in total. The van der Waals surface area contributed by atoms with E-state index in [1.165, 1.54) is 0 Å². The second kappa shape index (κ2) is 5.54. The summed E-state index contributed by atoms with van der Waals surface area (Å²) in [5.74, 6) is 0.139. The lowest BCUT2D eigenvalue weighted by Crippen LogP contribution is -2.31. The van der Waals surface area contributed by atoms with Gasteiger partial charge in [-0.25, -0.2) is 0 Å². The Balaban J connectivity index is 2.76. The molecule has 3 heteroatoms. The zero-order valence-electron chi connectivity index (χ0n) is 10.3. The van der Waals surface area contributed by atoms with E-state index >= 15 is 0 Å². The number of amides is 1. The van der Waals surface area contributed by atoms with Crippen LogP contribution in [-0.4, -0.2) is 23.9 Å². The Kier molecular flexibility index (Phi) is 4.35. The minimum Gasteiger partial charge on any atom is -0.398 e. The molecular weight excluding hydrogens is 200 g/mol. The van der Waals surface area contributed by atoms with E-state index in [4.69, 9.17) is 5.73 Å². The van der Waals surface area contributed by atoms with E-state index in [1.807, 2.05) is 43.9 Å². The molecule has 0 unspecified atom stereocenters. The molecule has 0 spiro atoms. The van der Waals surface area contributed by atoms with Gasteiger partial charge in [-0.05, 0) is 38.0 Å². The number of carbonyl (C=O) groups excluding carboxylic acids is 1. The minimum absolute atomic E-state index is 0.139. The number of carbonyl (C=O) groups is 1. The Labute approximate surface area is 97.2 Å². The number of likely N-dealkylation sites (N-methyl/N-ethyl adjacent to an activating group) is 1. The van der Waals surface area contributed by atoms with Crippen LogP contribution in [0.15, 0.2) is 18.2 Å². The van der Waals surface area contributed by atoms with Crippen LogP contribution in [-0.2, 0) is 11.2 Å². The normalized spacial score (nSPS) is 10.2. The van der Waals surface area contributed by atoms with E-state index in [0.717, 1.165) is 24.2 Å². The number of nitrogens with zero attached hydrogens (tertiary/aromatic N) is 1. The van der Waals surface area contributed by atoms with Crippen LogP contribution in [0.25, 0.3) is 0 Å². The van der Waals surface area contributed by atoms with Crippen LogP contribution in [0.5, 0.6) is 0 Å². The Morgan fingerprint density at radius 3 is 2.44 bits per heavy atom. The monoisotopic (exact) mass is 220 g/mol. The second-order valence-corrected chi connectivity index (χ2v) is 3.95. The average Bonchev–Trinajstić information content (AvgIpc) is 2.24. The number of nitrogen functional groups attached to an aromatic ring is 1. The zero-order valence-corrected chi connectivity index (χ0v) is 10.3. The number of aryl methyl sites for hydroxylation is 1. The summed E-state index contributed by atoms with van der Waals surface area (Å²) >= 11 is 0. The highest BCUT2D eigenvalue weighted by molar-refractivity contribution is 5.80. The van der Waals surface area contributed by atoms with Gasteiger partial charge < -0.3 is 10.6 Å². The first-order chi connectivity index (χ1) is 7.58. The fourth-order valence-electron chi connectivity index (χ4n) is 1.73. The lowest BCUT2D eigenvalue weighted by Gasteiger charge is -2.19. The van der Waals surface area contributed by atoms with Crippen molar-refractivity contribution in [3.63, 3.8) is 0 Å². The largest absolute Gasteiger partial charge is 0.398 e. The zero-order chi connectivity index (χ0) is 12.1. The van der Waals surface area contributed by atoms with Gasteiger partial charge in [0.1, 0.15) is 0 Å². The lowest BCUT2D eigenvalue weighted by atomic mass is 10.1. The van der Waals surface area contributed by atoms with Crippen molar-refractivity contribution in [2.45, 2.75) is 27.2 Å². The third-order valence-electron chi connectivity index (χ3n) is 2.76. The molecule has 1 amide bonds. The minimum atomic E-state index is 0.139. The topological polar surface area (TPSA) is 46.3 Å². The third kappa shape index (κ3) is 2.99. The number of nitrogens with two attached hydrogens (primary N) is 1. The van der Waals surface area contributed by atoms with E-state index in [1.54, 1.807) is 0 Å². The van der Waals surface area contributed by atoms with E-state index in [2.05, 4.69) is 0 Å². The Morgan fingerprint density at radius 1 is 1.31 bits per heavy atom. The van der Waals surface area contributed by atoms with Gasteiger partial charge in [-0.15, -0.1) is 0 Å². The molecule has 0 radical (unpaired) electrons. The first kappa shape index (κ1) is 12.6. The Morgan fingerprint density at radius 2 is 1.94 bits per heavy atom. The van der Waals surface area contributed by atoms with Crippen molar-refractivity contribution in [2.24, 2.45) is 0 Å². The maximum absolute atomic E-state index is 11.9. The van der Waals surface area contributed by atoms with Crippen molar-refractivity contribution in [1.82, 2.24) is 4.90 Å². The quantitative estimate of drug-likeness (QED) is 0.789. The number of anilines is 1. The molecule has 0 aliphatic heterocycles. The highest BCUT2D eigenvalue weighted by Gasteiger charge is 2.11. The van der Waals surface area contributed by atoms with Crippen molar-refractivity contribution in [2.75, 3.05) is 18.8 Å². The molecular formula is C13H20N2O. The Hall–Kier alpha value is -1.51. The van der Waals surface area contributed by atoms with Gasteiger partial charge in [0.2, 0.25) is 5.91 Å². The molecule has 0 aliphatic rings. The van der Waals surface area contributed by atoms with E-state index in [9.17, 15) is 4.79 Å². The predicted molar refractivity (Wildman–Crippen MR) is 67.2 cm³/mol. The second-order valence-electron chi connectivity index (χ2n) is 3.95. The molecule has 0 aliphatic carbocycles. The summed E-state index contributed by atoms with van der Waals surface area (Å²) in [4.78, 5) is 13.7. The molecule has 1 rings (SSSR count). The molecule has 0 heterocycles. The third-order valence-corrected chi connectivity index (χ3v) is 2.76. The van der Waals surface area contributed by atoms with Crippen LogP contribution in [0, 0.1) is 6.92 Å². The fraction of sp³-hybridized carbons (Fsp3) is 0.462. The highest BCUT2D eigenvalue weighted by atomic mass is 16.2. The van der Waals surface area contributed by atoms with Crippen LogP contribution in [0.3, 0.4) is 0 Å². The van der Waals surface area contributed by atoms with Crippen LogP contribution in [0.1, 0.15) is 25.0 Å². The summed E-state index contributed by atoms with van der Waals surface area (Å²) in [6, 6.07) is 5.83. The number of hydrogen-bond donors (Lipinski definition) is 1. The van der Waals surface area contributed by atoms with Gasteiger partial charge in [-0.1, -0.05) is 12.1 Å². The van der Waals surface area contributed by atoms with Crippen molar-refractivity contribution in [3.8, 4) is 0 Å². The highest BCUT2D eigenvalue weighted by Crippen LogP contribution is 2.15. The summed E-state index contributed by atoms with van der Waals surface area (Å²) in [6.45, 7) is 7.47. The van der Waals surface area contributed by atoms with Gasteiger partial charge in [0, 0.05) is 18.8 Å². The van der Waals surface area contributed by atoms with E-state index in [-0.39, 0.29) is 5.91 Å². The van der Waals surface area contributed by atoms with Crippen molar-refractivity contribution in [1.29, 1.82) is 0 Å². The first-order valence-electron chi connectivity index (χ1n) is 5.71. The Bertz CT molecular complexity index is 370. The molecule has 0 atom stereocenters. The maximum atomic E-state index is 11.9. The van der Waals surface area contributed by atoms with Crippen molar-refractivity contribution < 1.29 is 4.79 Å². The molecule has 0 saturated carbocycles. The number of benzene rings is 1. The smallest absolute Gasteiger partial charge is 0.227 e. The molecule has 0 saturated heterocycles. The lowest BCUT2D eigenvalue weighted by molar-refractivity contribution is -0.130. The van der Waals surface area contributed by atoms with Crippen LogP contribution in [0.2, 0.25) is 0 Å². The molecule has 0 fully saturated rings. The van der Waals surface area contributed by atoms with Gasteiger partial charge in [-0.3, -0.25) is 4.79 Å². The molecule has 1 aromatic rings. The molecule has 2 N–H and O–H groups in total. The van der Waals surface area contributed by atoms with Crippen LogP contribution in [0.4, 0.5) is 5.69 Å². The summed E-state index contributed by atoms with van der Waals surface area (Å²) < 4.78 is 0. The van der Waals surface area contributed by atoms with Crippen LogP contribution < -0.4 is 5.73 Å². The van der Waals surface area contributed by atoms with Crippen molar-refractivity contribution in [3.05, 3.63) is 29.3 Å². The molecule has 16 heavy (non-hydrogen) atoms. The number of rotatable bonds is 4. The van der Waals surface area contributed by atoms with Crippen molar-refractivity contribution >= 4 is 11.6 Å². The van der Waals surface area contributed by atoms with Crippen LogP contribution >= 0.6 is 0 Å². The van der Waals surface area contributed by atoms with Gasteiger partial charge in [-0.2, -0.15) is 0 Å². The summed E-state index contributed by atoms with van der Waals surface area (Å²) in [6.07, 6.45) is 0.397. The maximum Gasteiger partial charge on any atom is 0.227 e. The van der Waals surface area contributed by atoms with E-state index in [0.29, 0.717) is 12.1 Å². The SMILES string of the molecule is CCN(CC)C(=O)Cc1ccc(C)cc1N. The summed E-state index contributed by atoms with van der Waals surface area (Å²) in [7, 11) is 0. The average molecular weight is 220 g/mol. The fourth-order valence-corrected chi connectivity index (χ4v) is 1.73. The van der Waals surface area contributed by atoms with Gasteiger partial charge in [0.25, 0.3) is 0 Å². The summed E-state index contributed by atoms with van der Waals surface area (Å²) in [5, 5.41) is 0. The van der Waals surface area contributed by atoms with Gasteiger partial charge in [0.15, 0.2) is 0 Å². The standard InChI is InChI=1S/C13H20N2O/c1-4-15(5-2)13(16)9-11-7-6-10(3)8-12(11)14/h6-8H,4-5,9,14H2,1-3H3. The molecule has 88 valence electrons. The summed E-state index contributed by atoms with van der Waals surface area (Å²) in [5.41, 5.74) is 8.63. The first-order valence-corrected chi connectivity index (χ1v) is 5.71. The predicted octanol–water partition coefficient (Wildman–Crippen LogP) is 1.99. The molecule has 1 aromatic carbocycles. The molecule has 0 bridgehead atoms. The van der Waals surface area contributed by atoms with Gasteiger partial charge in [0.05, 0.1) is 6.42 Å².